The molecule has 10 nitrogen and oxygen atoms in total. The highest BCUT2D eigenvalue weighted by Gasteiger charge is 2.49. The maximum Gasteiger partial charge on any atom is 0.417 e. The van der Waals surface area contributed by atoms with Gasteiger partial charge in [0, 0.05) is 32.7 Å². The van der Waals surface area contributed by atoms with E-state index in [-0.39, 0.29) is 21.5 Å². The topological polar surface area (TPSA) is 114 Å². The Balaban J connectivity index is 1.34. The number of rotatable bonds is 8. The van der Waals surface area contributed by atoms with Gasteiger partial charge in [-0.1, -0.05) is 5.16 Å². The molecular weight excluding hydrogens is 581 g/mol. The van der Waals surface area contributed by atoms with Crippen molar-refractivity contribution in [2.24, 2.45) is 0 Å². The molecule has 0 aliphatic carbocycles. The number of sulfonamides is 1. The van der Waals surface area contributed by atoms with Gasteiger partial charge in [-0.25, -0.2) is 8.42 Å². The first-order chi connectivity index (χ1) is 19.1. The zero-order valence-corrected chi connectivity index (χ0v) is 24.8. The maximum absolute atomic E-state index is 13.5. The first-order valence-corrected chi connectivity index (χ1v) is 14.9. The van der Waals surface area contributed by atoms with Gasteiger partial charge in [0.15, 0.2) is 10.9 Å². The summed E-state index contributed by atoms with van der Waals surface area (Å²) in [6.45, 7) is 9.44. The van der Waals surface area contributed by atoms with Crippen molar-refractivity contribution in [2.45, 2.75) is 57.1 Å². The van der Waals surface area contributed by atoms with E-state index in [1.807, 2.05) is 0 Å². The summed E-state index contributed by atoms with van der Waals surface area (Å²) in [6, 6.07) is 4.66. The molecule has 41 heavy (non-hydrogen) atoms. The molecule has 0 spiro atoms. The number of aryl methyl sites for hydroxylation is 2. The molecule has 2 saturated heterocycles. The Morgan fingerprint density at radius 1 is 1.12 bits per heavy atom. The van der Waals surface area contributed by atoms with E-state index in [4.69, 9.17) is 22.0 Å². The number of anilines is 1. The second kappa shape index (κ2) is 11.3. The van der Waals surface area contributed by atoms with Crippen LogP contribution in [0.15, 0.2) is 27.6 Å². The van der Waals surface area contributed by atoms with E-state index in [9.17, 15) is 26.4 Å². The van der Waals surface area contributed by atoms with Gasteiger partial charge >= 0.3 is 6.18 Å². The molecule has 2 aromatic rings. The zero-order chi connectivity index (χ0) is 30.3. The monoisotopic (exact) mass is 612 g/mol. The number of carbonyl (C=O) groups is 1. The van der Waals surface area contributed by atoms with Crippen LogP contribution in [0.1, 0.15) is 49.3 Å². The minimum Gasteiger partial charge on any atom is -0.360 e. The highest BCUT2D eigenvalue weighted by atomic mass is 32.2. The van der Waals surface area contributed by atoms with Gasteiger partial charge in [-0.3, -0.25) is 9.69 Å². The number of hydrogen-bond donors (Lipinski definition) is 0. The first-order valence-electron chi connectivity index (χ1n) is 13.0. The fourth-order valence-corrected chi connectivity index (χ4v) is 7.43. The van der Waals surface area contributed by atoms with Crippen molar-refractivity contribution in [3.8, 4) is 6.07 Å². The third kappa shape index (κ3) is 5.83. The molecule has 0 bridgehead atoms. The standard InChI is InChI=1S/C26H31F3N6O4S2/c1-17-22(18(2)39-31-17)41(37,38)33-13-11-32(12-14-33)9-5-6-10-34-24(40)35(23(36)25(34,3)4)20-8-7-19(16-30)21(15-20)26(27,28)29/h7-8,15H,5-6,9-14H2,1-4H3. The van der Waals surface area contributed by atoms with Gasteiger partial charge in [0.1, 0.15) is 16.1 Å². The van der Waals surface area contributed by atoms with E-state index >= 15 is 0 Å². The summed E-state index contributed by atoms with van der Waals surface area (Å²) in [5, 5.41) is 12.9. The highest BCUT2D eigenvalue weighted by Crippen LogP contribution is 2.38. The summed E-state index contributed by atoms with van der Waals surface area (Å²) in [5.74, 6) is -0.180. The number of unbranched alkanes of at least 4 members (excludes halogenated alkanes) is 1. The zero-order valence-electron chi connectivity index (χ0n) is 23.2. The fourth-order valence-electron chi connectivity index (χ4n) is 5.21. The van der Waals surface area contributed by atoms with Crippen LogP contribution < -0.4 is 4.90 Å². The quantitative estimate of drug-likeness (QED) is 0.325. The van der Waals surface area contributed by atoms with Crippen LogP contribution in [-0.2, 0) is 21.0 Å². The van der Waals surface area contributed by atoms with Crippen molar-refractivity contribution in [2.75, 3.05) is 44.2 Å². The Bertz CT molecular complexity index is 1470. The molecule has 0 N–H and O–H groups in total. The van der Waals surface area contributed by atoms with Gasteiger partial charge in [-0.05, 0) is 77.5 Å². The third-order valence-electron chi connectivity index (χ3n) is 7.51. The lowest BCUT2D eigenvalue weighted by molar-refractivity contribution is -0.137. The van der Waals surface area contributed by atoms with E-state index in [0.29, 0.717) is 51.4 Å². The molecule has 0 atom stereocenters. The Hall–Kier alpha value is -3.06. The largest absolute Gasteiger partial charge is 0.417 e. The second-order valence-electron chi connectivity index (χ2n) is 10.6. The van der Waals surface area contributed by atoms with E-state index in [1.54, 1.807) is 32.6 Å². The summed E-state index contributed by atoms with van der Waals surface area (Å²) in [4.78, 5) is 18.4. The third-order valence-corrected chi connectivity index (χ3v) is 10.1. The van der Waals surface area contributed by atoms with Crippen LogP contribution in [-0.4, -0.2) is 83.5 Å². The summed E-state index contributed by atoms with van der Waals surface area (Å²) in [5.41, 5.74) is -2.42. The minimum atomic E-state index is -4.76. The van der Waals surface area contributed by atoms with E-state index in [2.05, 4.69) is 10.1 Å². The van der Waals surface area contributed by atoms with E-state index < -0.39 is 38.8 Å². The number of benzene rings is 1. The number of hydrogen-bond acceptors (Lipinski definition) is 8. The molecule has 222 valence electrons. The lowest BCUT2D eigenvalue weighted by Gasteiger charge is -2.34. The summed E-state index contributed by atoms with van der Waals surface area (Å²) in [6.07, 6.45) is -3.36. The number of amides is 1. The molecule has 15 heteroatoms. The minimum absolute atomic E-state index is 0.0358. The van der Waals surface area contributed by atoms with Crippen molar-refractivity contribution in [3.63, 3.8) is 0 Å². The molecule has 3 heterocycles. The van der Waals surface area contributed by atoms with E-state index in [0.717, 1.165) is 23.5 Å². The number of nitrogens with zero attached hydrogens (tertiary/aromatic N) is 6. The van der Waals surface area contributed by atoms with Gasteiger partial charge in [0.05, 0.1) is 22.9 Å². The van der Waals surface area contributed by atoms with Crippen molar-refractivity contribution in [3.05, 3.63) is 40.8 Å². The number of thiocarbonyl (C=S) groups is 1. The summed E-state index contributed by atoms with van der Waals surface area (Å²) < 4.78 is 73.1. The van der Waals surface area contributed by atoms with Crippen molar-refractivity contribution >= 4 is 38.9 Å². The smallest absolute Gasteiger partial charge is 0.360 e. The first kappa shape index (κ1) is 30.9. The fraction of sp³-hybridized carbons (Fsp3) is 0.538. The number of piperazine rings is 1. The summed E-state index contributed by atoms with van der Waals surface area (Å²) >= 11 is 5.54. The number of alkyl halides is 3. The van der Waals surface area contributed by atoms with Crippen LogP contribution in [0.5, 0.6) is 0 Å². The van der Waals surface area contributed by atoms with Crippen LogP contribution in [0.4, 0.5) is 18.9 Å². The lowest BCUT2D eigenvalue weighted by Crippen LogP contribution is -2.49. The molecular formula is C26H31F3N6O4S2. The van der Waals surface area contributed by atoms with Crippen LogP contribution >= 0.6 is 12.2 Å². The van der Waals surface area contributed by atoms with E-state index in [1.165, 1.54) is 16.4 Å². The molecule has 2 fully saturated rings. The number of nitriles is 1. The van der Waals surface area contributed by atoms with Crippen molar-refractivity contribution in [1.82, 2.24) is 19.3 Å². The molecule has 4 rings (SSSR count). The average molecular weight is 613 g/mol. The molecule has 1 aromatic carbocycles. The lowest BCUT2D eigenvalue weighted by atomic mass is 10.0. The average Bonchev–Trinajstić information content (AvgIpc) is 3.33. The molecule has 0 unspecified atom stereocenters. The maximum atomic E-state index is 13.5. The SMILES string of the molecule is Cc1noc(C)c1S(=O)(=O)N1CCN(CCCCN2C(=S)N(c3ccc(C#N)c(C(F)(F)F)c3)C(=O)C2(C)C)CC1. The molecule has 1 amide bonds. The van der Waals surface area contributed by atoms with Crippen molar-refractivity contribution < 1.29 is 30.9 Å². The van der Waals surface area contributed by atoms with Crippen LogP contribution in [0.2, 0.25) is 0 Å². The number of halogens is 3. The molecule has 1 aromatic heterocycles. The molecule has 2 aliphatic rings. The Labute approximate surface area is 242 Å². The molecule has 2 aliphatic heterocycles. The van der Waals surface area contributed by atoms with Crippen molar-refractivity contribution in [1.29, 1.82) is 5.26 Å². The van der Waals surface area contributed by atoms with Crippen LogP contribution in [0, 0.1) is 25.2 Å². The van der Waals surface area contributed by atoms with Crippen LogP contribution in [0.3, 0.4) is 0 Å². The van der Waals surface area contributed by atoms with Gasteiger partial charge in [0.25, 0.3) is 5.91 Å². The molecule has 0 saturated carbocycles. The number of aromatic nitrogens is 1. The second-order valence-corrected chi connectivity index (χ2v) is 12.8. The Kier molecular flexibility index (Phi) is 8.52. The van der Waals surface area contributed by atoms with Gasteiger partial charge < -0.3 is 14.3 Å². The normalized spacial score (nSPS) is 18.8. The Morgan fingerprint density at radius 2 is 1.76 bits per heavy atom. The number of carbonyl (C=O) groups excluding carboxylic acids is 1. The predicted molar refractivity (Wildman–Crippen MR) is 147 cm³/mol. The summed E-state index contributed by atoms with van der Waals surface area (Å²) in [7, 11) is -3.69. The van der Waals surface area contributed by atoms with Crippen LogP contribution in [0.25, 0.3) is 0 Å². The molecule has 0 radical (unpaired) electrons. The van der Waals surface area contributed by atoms with Gasteiger partial charge in [-0.15, -0.1) is 0 Å². The van der Waals surface area contributed by atoms with Gasteiger partial charge in [0.2, 0.25) is 10.0 Å². The highest BCUT2D eigenvalue weighted by molar-refractivity contribution is 7.89. The predicted octanol–water partition coefficient (Wildman–Crippen LogP) is 3.68. The Morgan fingerprint density at radius 3 is 2.32 bits per heavy atom. The van der Waals surface area contributed by atoms with Gasteiger partial charge in [-0.2, -0.15) is 22.7 Å².